The Labute approximate surface area is 113 Å². The average molecular weight is 263 g/mol. The minimum Gasteiger partial charge on any atom is -0.382 e. The van der Waals surface area contributed by atoms with Crippen LogP contribution in [0.3, 0.4) is 0 Å². The van der Waals surface area contributed by atoms with Gasteiger partial charge in [0.05, 0.1) is 11.2 Å². The third-order valence-corrected chi connectivity index (χ3v) is 2.90. The summed E-state index contributed by atoms with van der Waals surface area (Å²) in [7, 11) is 0. The van der Waals surface area contributed by atoms with Crippen molar-refractivity contribution in [2.24, 2.45) is 5.73 Å². The Morgan fingerprint density at radius 3 is 2.42 bits per heavy atom. The molecular weight excluding hydrogens is 242 g/mol. The summed E-state index contributed by atoms with van der Waals surface area (Å²) in [6.45, 7) is 9.62. The molecule has 0 aromatic carbocycles. The Kier molecular flexibility index (Phi) is 3.22. The lowest BCUT2D eigenvalue weighted by molar-refractivity contribution is -0.133. The largest absolute Gasteiger partial charge is 0.382 e. The first-order valence-corrected chi connectivity index (χ1v) is 6.31. The number of morpholine rings is 1. The lowest BCUT2D eigenvalue weighted by Gasteiger charge is -2.47. The van der Waals surface area contributed by atoms with Crippen molar-refractivity contribution in [2.45, 2.75) is 38.9 Å². The van der Waals surface area contributed by atoms with Gasteiger partial charge in [0.25, 0.3) is 0 Å². The third-order valence-electron chi connectivity index (χ3n) is 2.90. The Morgan fingerprint density at radius 2 is 1.89 bits per heavy atom. The van der Waals surface area contributed by atoms with E-state index in [0.29, 0.717) is 24.7 Å². The van der Waals surface area contributed by atoms with Gasteiger partial charge in [0.2, 0.25) is 5.95 Å². The highest BCUT2D eigenvalue weighted by atomic mass is 16.5. The quantitative estimate of drug-likeness (QED) is 0.617. The highest BCUT2D eigenvalue weighted by Gasteiger charge is 2.39. The maximum Gasteiger partial charge on any atom is 0.226 e. The number of rotatable bonds is 2. The first-order chi connectivity index (χ1) is 8.69. The summed E-state index contributed by atoms with van der Waals surface area (Å²) in [5.74, 6) is 0.549. The zero-order chi connectivity index (χ0) is 14.3. The maximum atomic E-state index is 7.45. The molecule has 104 valence electrons. The van der Waals surface area contributed by atoms with E-state index in [9.17, 15) is 0 Å². The van der Waals surface area contributed by atoms with Gasteiger partial charge in [-0.3, -0.25) is 5.41 Å². The molecule has 3 N–H and O–H groups in total. The number of ether oxygens (including phenoxy) is 1. The summed E-state index contributed by atoms with van der Waals surface area (Å²) in [5.41, 5.74) is 5.39. The number of anilines is 1. The van der Waals surface area contributed by atoms with Crippen LogP contribution in [0, 0.1) is 5.41 Å². The van der Waals surface area contributed by atoms with Crippen molar-refractivity contribution in [3.8, 4) is 0 Å². The first-order valence-electron chi connectivity index (χ1n) is 6.31. The molecule has 0 saturated carbocycles. The minimum atomic E-state index is -0.267. The topological polar surface area (TPSA) is 88.1 Å². The second-order valence-corrected chi connectivity index (χ2v) is 6.13. The van der Waals surface area contributed by atoms with Crippen molar-refractivity contribution in [1.82, 2.24) is 9.97 Å². The van der Waals surface area contributed by atoms with Crippen LogP contribution < -0.4 is 10.6 Å². The van der Waals surface area contributed by atoms with Crippen LogP contribution in [0.2, 0.25) is 0 Å². The van der Waals surface area contributed by atoms with E-state index in [1.54, 1.807) is 12.3 Å². The van der Waals surface area contributed by atoms with Crippen molar-refractivity contribution in [2.75, 3.05) is 18.0 Å². The molecule has 0 aliphatic carbocycles. The number of nitrogen functional groups attached to an aromatic ring is 1. The lowest BCUT2D eigenvalue weighted by atomic mass is 9.99. The number of nitrogens with zero attached hydrogens (tertiary/aromatic N) is 3. The predicted octanol–water partition coefficient (Wildman–Crippen LogP) is 1.15. The molecular formula is C13H21N5O. The Morgan fingerprint density at radius 1 is 1.32 bits per heavy atom. The molecule has 6 nitrogen and oxygen atoms in total. The molecule has 1 aliphatic rings. The van der Waals surface area contributed by atoms with Crippen LogP contribution in [0.25, 0.3) is 0 Å². The number of hydrogen-bond donors (Lipinski definition) is 2. The highest BCUT2D eigenvalue weighted by molar-refractivity contribution is 5.93. The summed E-state index contributed by atoms with van der Waals surface area (Å²) >= 11 is 0. The molecule has 1 fully saturated rings. The SMILES string of the molecule is CC1(C)CN(c2nccc(C(=N)N)n2)CC(C)(C)O1. The second-order valence-electron chi connectivity index (χ2n) is 6.13. The molecule has 6 heteroatoms. The Bertz CT molecular complexity index is 482. The van der Waals surface area contributed by atoms with Crippen LogP contribution in [0.5, 0.6) is 0 Å². The van der Waals surface area contributed by atoms with Gasteiger partial charge in [0, 0.05) is 19.3 Å². The molecule has 2 rings (SSSR count). The standard InChI is InChI=1S/C13H21N5O/c1-12(2)7-18(8-13(3,4)19-12)11-16-6-5-9(17-11)10(14)15/h5-6H,7-8H2,1-4H3,(H3,14,15). The monoisotopic (exact) mass is 263 g/mol. The smallest absolute Gasteiger partial charge is 0.226 e. The van der Waals surface area contributed by atoms with Crippen LogP contribution in [0.1, 0.15) is 33.4 Å². The molecule has 0 atom stereocenters. The highest BCUT2D eigenvalue weighted by Crippen LogP contribution is 2.29. The van der Waals surface area contributed by atoms with Crippen LogP contribution in [-0.2, 0) is 4.74 Å². The number of hydrogen-bond acceptors (Lipinski definition) is 5. The number of amidine groups is 1. The van der Waals surface area contributed by atoms with Gasteiger partial charge >= 0.3 is 0 Å². The normalized spacial score (nSPS) is 21.2. The maximum absolute atomic E-state index is 7.45. The molecule has 1 aromatic heterocycles. The number of aromatic nitrogens is 2. The van der Waals surface area contributed by atoms with Gasteiger partial charge in [-0.25, -0.2) is 9.97 Å². The van der Waals surface area contributed by atoms with E-state index in [2.05, 4.69) is 42.6 Å². The molecule has 0 amide bonds. The van der Waals surface area contributed by atoms with E-state index in [0.717, 1.165) is 0 Å². The summed E-state index contributed by atoms with van der Waals surface area (Å²) in [4.78, 5) is 10.7. The molecule has 0 radical (unpaired) electrons. The van der Waals surface area contributed by atoms with Crippen molar-refractivity contribution < 1.29 is 4.74 Å². The van der Waals surface area contributed by atoms with Crippen molar-refractivity contribution >= 4 is 11.8 Å². The molecule has 19 heavy (non-hydrogen) atoms. The molecule has 1 saturated heterocycles. The molecule has 0 bridgehead atoms. The first kappa shape index (κ1) is 13.7. The fraction of sp³-hybridized carbons (Fsp3) is 0.615. The summed E-state index contributed by atoms with van der Waals surface area (Å²) < 4.78 is 6.03. The lowest BCUT2D eigenvalue weighted by Crippen LogP contribution is -2.57. The zero-order valence-electron chi connectivity index (χ0n) is 11.9. The number of nitrogens with two attached hydrogens (primary N) is 1. The van der Waals surface area contributed by atoms with E-state index >= 15 is 0 Å². The second kappa shape index (κ2) is 4.45. The van der Waals surface area contributed by atoms with Crippen LogP contribution in [0.15, 0.2) is 12.3 Å². The van der Waals surface area contributed by atoms with Gasteiger partial charge in [-0.2, -0.15) is 0 Å². The fourth-order valence-electron chi connectivity index (χ4n) is 2.58. The molecule has 1 aliphatic heterocycles. The van der Waals surface area contributed by atoms with Crippen molar-refractivity contribution in [3.63, 3.8) is 0 Å². The number of nitrogens with one attached hydrogen (secondary N) is 1. The summed E-state index contributed by atoms with van der Waals surface area (Å²) in [6, 6.07) is 1.64. The van der Waals surface area contributed by atoms with Gasteiger partial charge in [-0.05, 0) is 33.8 Å². The van der Waals surface area contributed by atoms with Gasteiger partial charge in [0.1, 0.15) is 11.5 Å². The van der Waals surface area contributed by atoms with E-state index in [1.165, 1.54) is 0 Å². The molecule has 1 aromatic rings. The van der Waals surface area contributed by atoms with Gasteiger partial charge in [-0.15, -0.1) is 0 Å². The van der Waals surface area contributed by atoms with E-state index in [1.807, 2.05) is 0 Å². The van der Waals surface area contributed by atoms with Gasteiger partial charge < -0.3 is 15.4 Å². The van der Waals surface area contributed by atoms with E-state index in [-0.39, 0.29) is 17.0 Å². The van der Waals surface area contributed by atoms with Crippen LogP contribution >= 0.6 is 0 Å². The third kappa shape index (κ3) is 3.20. The van der Waals surface area contributed by atoms with Crippen LogP contribution in [-0.4, -0.2) is 40.1 Å². The zero-order valence-corrected chi connectivity index (χ0v) is 11.9. The fourth-order valence-corrected chi connectivity index (χ4v) is 2.58. The average Bonchev–Trinajstić information content (AvgIpc) is 2.25. The van der Waals surface area contributed by atoms with Gasteiger partial charge in [-0.1, -0.05) is 0 Å². The summed E-state index contributed by atoms with van der Waals surface area (Å²) in [6.07, 6.45) is 1.63. The van der Waals surface area contributed by atoms with Crippen molar-refractivity contribution in [1.29, 1.82) is 5.41 Å². The van der Waals surface area contributed by atoms with Gasteiger partial charge in [0.15, 0.2) is 0 Å². The van der Waals surface area contributed by atoms with Crippen LogP contribution in [0.4, 0.5) is 5.95 Å². The Balaban J connectivity index is 2.30. The summed E-state index contributed by atoms with van der Waals surface area (Å²) in [5, 5.41) is 7.45. The molecule has 0 unspecified atom stereocenters. The minimum absolute atomic E-state index is 0.0459. The predicted molar refractivity (Wildman–Crippen MR) is 74.5 cm³/mol. The molecule has 0 spiro atoms. The van der Waals surface area contributed by atoms with E-state index in [4.69, 9.17) is 15.9 Å². The van der Waals surface area contributed by atoms with E-state index < -0.39 is 0 Å². The Hall–Kier alpha value is -1.69. The molecule has 2 heterocycles. The van der Waals surface area contributed by atoms with Crippen molar-refractivity contribution in [3.05, 3.63) is 18.0 Å².